The van der Waals surface area contributed by atoms with E-state index in [9.17, 15) is 14.9 Å². The number of halogens is 2. The van der Waals surface area contributed by atoms with Gasteiger partial charge in [-0.15, -0.1) is 0 Å². The van der Waals surface area contributed by atoms with Crippen molar-refractivity contribution in [3.8, 4) is 11.5 Å². The summed E-state index contributed by atoms with van der Waals surface area (Å²) in [6, 6.07) is 3.56. The number of primary amides is 1. The molecule has 1 heterocycles. The van der Waals surface area contributed by atoms with Crippen molar-refractivity contribution < 1.29 is 19.2 Å². The maximum atomic E-state index is 11.5. The molecule has 2 N–H and O–H groups in total. The third-order valence-corrected chi connectivity index (χ3v) is 3.47. The van der Waals surface area contributed by atoms with Crippen LogP contribution >= 0.6 is 23.2 Å². The zero-order chi connectivity index (χ0) is 17.9. The number of hydrogen-bond donors (Lipinski definition) is 1. The van der Waals surface area contributed by atoms with Gasteiger partial charge in [0.05, 0.1) is 39.0 Å². The molecule has 10 heteroatoms. The number of nitro groups is 1. The zero-order valence-corrected chi connectivity index (χ0v) is 13.8. The van der Waals surface area contributed by atoms with Crippen LogP contribution in [0.15, 0.2) is 24.4 Å². The van der Waals surface area contributed by atoms with E-state index in [-0.39, 0.29) is 39.4 Å². The summed E-state index contributed by atoms with van der Waals surface area (Å²) in [7, 11) is 1.45. The van der Waals surface area contributed by atoms with Crippen LogP contribution in [0.4, 0.5) is 5.69 Å². The van der Waals surface area contributed by atoms with E-state index in [1.165, 1.54) is 19.4 Å². The zero-order valence-electron chi connectivity index (χ0n) is 12.3. The van der Waals surface area contributed by atoms with Gasteiger partial charge in [0, 0.05) is 19.2 Å². The summed E-state index contributed by atoms with van der Waals surface area (Å²) in [6.07, 6.45) is 1.33. The maximum Gasteiger partial charge on any atom is 0.272 e. The van der Waals surface area contributed by atoms with Gasteiger partial charge in [0.25, 0.3) is 11.6 Å². The Labute approximate surface area is 146 Å². The van der Waals surface area contributed by atoms with Crippen LogP contribution in [-0.2, 0) is 11.3 Å². The van der Waals surface area contributed by atoms with Crippen molar-refractivity contribution in [2.45, 2.75) is 6.61 Å². The van der Waals surface area contributed by atoms with Crippen LogP contribution in [0.2, 0.25) is 10.0 Å². The molecule has 0 atom stereocenters. The Kier molecular flexibility index (Phi) is 5.55. The lowest BCUT2D eigenvalue weighted by atomic mass is 10.2. The summed E-state index contributed by atoms with van der Waals surface area (Å²) >= 11 is 11.9. The van der Waals surface area contributed by atoms with E-state index >= 15 is 0 Å². The topological polar surface area (TPSA) is 118 Å². The van der Waals surface area contributed by atoms with Gasteiger partial charge in [-0.25, -0.2) is 0 Å². The highest BCUT2D eigenvalue weighted by Crippen LogP contribution is 2.39. The van der Waals surface area contributed by atoms with Crippen LogP contribution in [0.5, 0.6) is 11.5 Å². The average molecular weight is 372 g/mol. The van der Waals surface area contributed by atoms with Gasteiger partial charge >= 0.3 is 0 Å². The Balaban J connectivity index is 2.40. The number of amides is 1. The van der Waals surface area contributed by atoms with Crippen molar-refractivity contribution in [3.05, 3.63) is 55.8 Å². The molecule has 0 saturated heterocycles. The summed E-state index contributed by atoms with van der Waals surface area (Å²) in [5, 5.41) is 10.6. The molecule has 0 aliphatic carbocycles. The summed E-state index contributed by atoms with van der Waals surface area (Å²) < 4.78 is 10.4. The van der Waals surface area contributed by atoms with Crippen LogP contribution in [0, 0.1) is 10.1 Å². The first-order valence-electron chi connectivity index (χ1n) is 6.42. The first-order chi connectivity index (χ1) is 11.3. The number of nitro benzene ring substituents is 1. The number of nitrogens with zero attached hydrogens (tertiary/aromatic N) is 2. The lowest BCUT2D eigenvalue weighted by Crippen LogP contribution is -2.15. The first-order valence-corrected chi connectivity index (χ1v) is 7.18. The van der Waals surface area contributed by atoms with E-state index in [0.29, 0.717) is 5.69 Å². The fourth-order valence-electron chi connectivity index (χ4n) is 1.86. The third-order valence-electron chi connectivity index (χ3n) is 2.91. The van der Waals surface area contributed by atoms with Crippen LogP contribution in [0.1, 0.15) is 16.1 Å². The van der Waals surface area contributed by atoms with Gasteiger partial charge in [-0.05, 0) is 6.07 Å². The summed E-state index contributed by atoms with van der Waals surface area (Å²) in [5.41, 5.74) is 5.49. The van der Waals surface area contributed by atoms with Crippen molar-refractivity contribution in [2.24, 2.45) is 5.73 Å². The predicted octanol–water partition coefficient (Wildman–Crippen LogP) is 3.33. The normalized spacial score (nSPS) is 10.5. The molecule has 0 radical (unpaired) electrons. The molecule has 0 saturated carbocycles. The van der Waals surface area contributed by atoms with Gasteiger partial charge in [0.2, 0.25) is 0 Å². The van der Waals surface area contributed by atoms with Gasteiger partial charge < -0.3 is 15.2 Å². The highest BCUT2D eigenvalue weighted by atomic mass is 35.5. The summed E-state index contributed by atoms with van der Waals surface area (Å²) in [5.74, 6) is -0.567. The smallest absolute Gasteiger partial charge is 0.272 e. The number of benzene rings is 1. The molecule has 2 aromatic rings. The van der Waals surface area contributed by atoms with Crippen LogP contribution in [0.3, 0.4) is 0 Å². The molecule has 0 aliphatic heterocycles. The van der Waals surface area contributed by atoms with Gasteiger partial charge in [-0.1, -0.05) is 23.2 Å². The second kappa shape index (κ2) is 7.43. The molecule has 24 heavy (non-hydrogen) atoms. The highest BCUT2D eigenvalue weighted by Gasteiger charge is 2.18. The number of nitrogens with two attached hydrogens (primary N) is 1. The minimum atomic E-state index is -0.708. The quantitative estimate of drug-likeness (QED) is 0.614. The van der Waals surface area contributed by atoms with Crippen molar-refractivity contribution in [3.63, 3.8) is 0 Å². The lowest BCUT2D eigenvalue weighted by molar-refractivity contribution is -0.384. The number of aromatic nitrogens is 1. The number of hydrogen-bond acceptors (Lipinski definition) is 6. The van der Waals surface area contributed by atoms with E-state index in [2.05, 4.69) is 4.98 Å². The predicted molar refractivity (Wildman–Crippen MR) is 86.7 cm³/mol. The SMILES string of the molecule is COCc1ncc(Oc2c(Cl)cc([N+](=O)[O-])cc2Cl)cc1C(N)=O. The minimum absolute atomic E-state index is 0.000597. The summed E-state index contributed by atoms with van der Waals surface area (Å²) in [4.78, 5) is 25.7. The van der Waals surface area contributed by atoms with E-state index in [4.69, 9.17) is 38.4 Å². The van der Waals surface area contributed by atoms with Crippen molar-refractivity contribution in [1.29, 1.82) is 0 Å². The van der Waals surface area contributed by atoms with E-state index < -0.39 is 10.8 Å². The molecular weight excluding hydrogens is 361 g/mol. The molecule has 0 aliphatic rings. The number of carbonyl (C=O) groups is 1. The fraction of sp³-hybridized carbons (Fsp3) is 0.143. The molecule has 8 nitrogen and oxygen atoms in total. The molecule has 2 rings (SSSR count). The molecule has 0 unspecified atom stereocenters. The molecule has 0 bridgehead atoms. The average Bonchev–Trinajstić information content (AvgIpc) is 2.51. The Bertz CT molecular complexity index is 790. The van der Waals surface area contributed by atoms with Crippen molar-refractivity contribution in [2.75, 3.05) is 7.11 Å². The van der Waals surface area contributed by atoms with Gasteiger partial charge in [-0.3, -0.25) is 19.9 Å². The van der Waals surface area contributed by atoms with Crippen LogP contribution in [0.25, 0.3) is 0 Å². The third kappa shape index (κ3) is 3.91. The minimum Gasteiger partial charge on any atom is -0.453 e. The second-order valence-electron chi connectivity index (χ2n) is 4.56. The number of pyridine rings is 1. The molecule has 1 aromatic heterocycles. The van der Waals surface area contributed by atoms with Gasteiger partial charge in [0.1, 0.15) is 5.75 Å². The van der Waals surface area contributed by atoms with E-state index in [1.807, 2.05) is 0 Å². The van der Waals surface area contributed by atoms with E-state index in [0.717, 1.165) is 12.1 Å². The maximum absolute atomic E-state index is 11.5. The van der Waals surface area contributed by atoms with Crippen LogP contribution in [-0.4, -0.2) is 22.9 Å². The lowest BCUT2D eigenvalue weighted by Gasteiger charge is -2.11. The van der Waals surface area contributed by atoms with Gasteiger partial charge in [0.15, 0.2) is 5.75 Å². The largest absolute Gasteiger partial charge is 0.453 e. The fourth-order valence-corrected chi connectivity index (χ4v) is 2.41. The number of non-ortho nitro benzene ring substituents is 1. The number of carbonyl (C=O) groups excluding carboxylic acids is 1. The number of methoxy groups -OCH3 is 1. The first kappa shape index (κ1) is 17.9. The monoisotopic (exact) mass is 371 g/mol. The second-order valence-corrected chi connectivity index (χ2v) is 5.37. The standard InChI is InChI=1S/C14H11Cl2N3O5/c1-23-6-12-9(14(17)20)4-8(5-18-12)24-13-10(15)2-7(19(21)22)3-11(13)16/h2-5H,6H2,1H3,(H2,17,20). The Morgan fingerprint density at radius 2 is 1.96 bits per heavy atom. The molecule has 0 fully saturated rings. The Hall–Kier alpha value is -2.42. The van der Waals surface area contributed by atoms with Crippen molar-refractivity contribution in [1.82, 2.24) is 4.98 Å². The Morgan fingerprint density at radius 1 is 1.33 bits per heavy atom. The van der Waals surface area contributed by atoms with Crippen molar-refractivity contribution >= 4 is 34.8 Å². The van der Waals surface area contributed by atoms with E-state index in [1.54, 1.807) is 0 Å². The molecular formula is C14H11Cl2N3O5. The number of rotatable bonds is 6. The summed E-state index contributed by atoms with van der Waals surface area (Å²) in [6.45, 7) is 0.0948. The number of ether oxygens (including phenoxy) is 2. The van der Waals surface area contributed by atoms with Crippen LogP contribution < -0.4 is 10.5 Å². The Morgan fingerprint density at radius 3 is 2.46 bits per heavy atom. The van der Waals surface area contributed by atoms with Gasteiger partial charge in [-0.2, -0.15) is 0 Å². The molecule has 126 valence electrons. The molecule has 0 spiro atoms. The molecule has 1 aromatic carbocycles. The highest BCUT2D eigenvalue weighted by molar-refractivity contribution is 6.37. The molecule has 1 amide bonds.